The van der Waals surface area contributed by atoms with Gasteiger partial charge in [0.1, 0.15) is 5.82 Å². The molecule has 0 unspecified atom stereocenters. The Labute approximate surface area is 105 Å². The standard InChI is InChI=1S/C14H25N3/c1-6-7-15-9-13-11(4)8-12(5)17-14(13)16-10(2)3/h8,10,15H,6-7,9H2,1-5H3,(H,16,17). The van der Waals surface area contributed by atoms with E-state index in [9.17, 15) is 0 Å². The van der Waals surface area contributed by atoms with Crippen LogP contribution in [-0.2, 0) is 6.54 Å². The molecule has 0 amide bonds. The maximum absolute atomic E-state index is 4.60. The lowest BCUT2D eigenvalue weighted by atomic mass is 10.1. The second-order valence-electron chi connectivity index (χ2n) is 4.88. The summed E-state index contributed by atoms with van der Waals surface area (Å²) in [4.78, 5) is 4.60. The third-order valence-electron chi connectivity index (χ3n) is 2.63. The van der Waals surface area contributed by atoms with Gasteiger partial charge in [0.05, 0.1) is 0 Å². The van der Waals surface area contributed by atoms with Gasteiger partial charge in [-0.1, -0.05) is 6.92 Å². The predicted octanol–water partition coefficient (Wildman–Crippen LogP) is 3.02. The zero-order valence-corrected chi connectivity index (χ0v) is 11.7. The average Bonchev–Trinajstić information content (AvgIpc) is 2.21. The molecule has 0 radical (unpaired) electrons. The molecule has 3 nitrogen and oxygen atoms in total. The van der Waals surface area contributed by atoms with Crippen molar-refractivity contribution in [2.45, 2.75) is 53.6 Å². The topological polar surface area (TPSA) is 37.0 Å². The first kappa shape index (κ1) is 14.0. The molecule has 0 spiro atoms. The van der Waals surface area contributed by atoms with E-state index < -0.39 is 0 Å². The maximum atomic E-state index is 4.60. The molecule has 2 N–H and O–H groups in total. The molecule has 1 aromatic rings. The van der Waals surface area contributed by atoms with Crippen molar-refractivity contribution in [3.05, 3.63) is 22.9 Å². The van der Waals surface area contributed by atoms with E-state index in [1.165, 1.54) is 11.1 Å². The Morgan fingerprint density at radius 3 is 2.59 bits per heavy atom. The van der Waals surface area contributed by atoms with Gasteiger partial charge in [-0.2, -0.15) is 0 Å². The molecule has 1 aromatic heterocycles. The lowest BCUT2D eigenvalue weighted by Gasteiger charge is -2.17. The van der Waals surface area contributed by atoms with Crippen molar-refractivity contribution in [1.82, 2.24) is 10.3 Å². The molecule has 0 saturated carbocycles. The lowest BCUT2D eigenvalue weighted by Crippen LogP contribution is -2.19. The summed E-state index contributed by atoms with van der Waals surface area (Å²) in [5.74, 6) is 1.03. The molecule has 0 aliphatic heterocycles. The number of hydrogen-bond acceptors (Lipinski definition) is 3. The number of aryl methyl sites for hydroxylation is 2. The smallest absolute Gasteiger partial charge is 0.131 e. The lowest BCUT2D eigenvalue weighted by molar-refractivity contribution is 0.671. The Morgan fingerprint density at radius 1 is 1.29 bits per heavy atom. The molecule has 0 aliphatic rings. The highest BCUT2D eigenvalue weighted by Gasteiger charge is 2.09. The highest BCUT2D eigenvalue weighted by Crippen LogP contribution is 2.19. The fourth-order valence-corrected chi connectivity index (χ4v) is 1.87. The minimum Gasteiger partial charge on any atom is -0.368 e. The molecule has 96 valence electrons. The second-order valence-corrected chi connectivity index (χ2v) is 4.88. The Bertz CT molecular complexity index is 359. The quantitative estimate of drug-likeness (QED) is 0.744. The normalized spacial score (nSPS) is 10.9. The van der Waals surface area contributed by atoms with E-state index in [2.05, 4.69) is 49.4 Å². The first-order valence-electron chi connectivity index (χ1n) is 6.49. The van der Waals surface area contributed by atoms with Gasteiger partial charge in [0, 0.05) is 23.8 Å². The van der Waals surface area contributed by atoms with Gasteiger partial charge < -0.3 is 10.6 Å². The van der Waals surface area contributed by atoms with Crippen LogP contribution in [0.2, 0.25) is 0 Å². The van der Waals surface area contributed by atoms with Gasteiger partial charge >= 0.3 is 0 Å². The molecule has 0 aromatic carbocycles. The fraction of sp³-hybridized carbons (Fsp3) is 0.643. The third-order valence-corrected chi connectivity index (χ3v) is 2.63. The summed E-state index contributed by atoms with van der Waals surface area (Å²) in [5.41, 5.74) is 3.67. The van der Waals surface area contributed by atoms with Crippen molar-refractivity contribution in [1.29, 1.82) is 0 Å². The Hall–Kier alpha value is -1.09. The minimum absolute atomic E-state index is 0.411. The van der Waals surface area contributed by atoms with Gasteiger partial charge in [0.15, 0.2) is 0 Å². The van der Waals surface area contributed by atoms with Crippen molar-refractivity contribution >= 4 is 5.82 Å². The van der Waals surface area contributed by atoms with Crippen LogP contribution in [0.4, 0.5) is 5.82 Å². The molecule has 17 heavy (non-hydrogen) atoms. The molecule has 0 bridgehead atoms. The SMILES string of the molecule is CCCNCc1c(C)cc(C)nc1NC(C)C. The van der Waals surface area contributed by atoms with Crippen LogP contribution < -0.4 is 10.6 Å². The number of hydrogen-bond donors (Lipinski definition) is 2. The maximum Gasteiger partial charge on any atom is 0.131 e. The summed E-state index contributed by atoms with van der Waals surface area (Å²) in [6.45, 7) is 12.6. The summed E-state index contributed by atoms with van der Waals surface area (Å²) in [7, 11) is 0. The van der Waals surface area contributed by atoms with E-state index in [1.807, 2.05) is 6.92 Å². The van der Waals surface area contributed by atoms with Crippen LogP contribution in [0.15, 0.2) is 6.07 Å². The number of nitrogens with one attached hydrogen (secondary N) is 2. The van der Waals surface area contributed by atoms with Gasteiger partial charge in [0.2, 0.25) is 0 Å². The van der Waals surface area contributed by atoms with Gasteiger partial charge in [-0.05, 0) is 52.3 Å². The predicted molar refractivity (Wildman–Crippen MR) is 74.5 cm³/mol. The van der Waals surface area contributed by atoms with Gasteiger partial charge in [-0.3, -0.25) is 0 Å². The van der Waals surface area contributed by atoms with Gasteiger partial charge in [-0.25, -0.2) is 4.98 Å². The van der Waals surface area contributed by atoms with Crippen molar-refractivity contribution in [3.8, 4) is 0 Å². The molecule has 0 saturated heterocycles. The molecular weight excluding hydrogens is 210 g/mol. The number of rotatable bonds is 6. The Kier molecular flexibility index (Phi) is 5.42. The largest absolute Gasteiger partial charge is 0.368 e. The van der Waals surface area contributed by atoms with E-state index in [4.69, 9.17) is 0 Å². The molecule has 0 fully saturated rings. The van der Waals surface area contributed by atoms with E-state index in [0.29, 0.717) is 6.04 Å². The van der Waals surface area contributed by atoms with Crippen LogP contribution in [0.1, 0.15) is 44.0 Å². The summed E-state index contributed by atoms with van der Waals surface area (Å²) in [6, 6.07) is 2.56. The van der Waals surface area contributed by atoms with Crippen molar-refractivity contribution in [2.75, 3.05) is 11.9 Å². The minimum atomic E-state index is 0.411. The van der Waals surface area contributed by atoms with Crippen molar-refractivity contribution in [2.24, 2.45) is 0 Å². The van der Waals surface area contributed by atoms with Crippen LogP contribution in [-0.4, -0.2) is 17.6 Å². The third kappa shape index (κ3) is 4.35. The fourth-order valence-electron chi connectivity index (χ4n) is 1.87. The molecule has 1 rings (SSSR count). The van der Waals surface area contributed by atoms with Crippen molar-refractivity contribution < 1.29 is 0 Å². The highest BCUT2D eigenvalue weighted by atomic mass is 15.0. The summed E-state index contributed by atoms with van der Waals surface area (Å²) in [5, 5.41) is 6.88. The van der Waals surface area contributed by atoms with Gasteiger partial charge in [-0.15, -0.1) is 0 Å². The number of aromatic nitrogens is 1. The molecule has 0 atom stereocenters. The summed E-state index contributed by atoms with van der Waals surface area (Å²) >= 11 is 0. The Morgan fingerprint density at radius 2 is 2.00 bits per heavy atom. The highest BCUT2D eigenvalue weighted by molar-refractivity contribution is 5.49. The van der Waals surface area contributed by atoms with Crippen LogP contribution in [0.3, 0.4) is 0 Å². The first-order valence-corrected chi connectivity index (χ1v) is 6.49. The van der Waals surface area contributed by atoms with Crippen LogP contribution >= 0.6 is 0 Å². The van der Waals surface area contributed by atoms with Crippen LogP contribution in [0.25, 0.3) is 0 Å². The van der Waals surface area contributed by atoms with E-state index in [1.54, 1.807) is 0 Å². The number of nitrogens with zero attached hydrogens (tertiary/aromatic N) is 1. The molecule has 0 aliphatic carbocycles. The second kappa shape index (κ2) is 6.60. The van der Waals surface area contributed by atoms with Crippen LogP contribution in [0, 0.1) is 13.8 Å². The molecule has 1 heterocycles. The summed E-state index contributed by atoms with van der Waals surface area (Å²) in [6.07, 6.45) is 1.16. The van der Waals surface area contributed by atoms with E-state index in [-0.39, 0.29) is 0 Å². The van der Waals surface area contributed by atoms with Gasteiger partial charge in [0.25, 0.3) is 0 Å². The Balaban J connectivity index is 2.90. The first-order chi connectivity index (χ1) is 8.04. The van der Waals surface area contributed by atoms with E-state index in [0.717, 1.165) is 31.0 Å². The molecular formula is C14H25N3. The number of pyridine rings is 1. The summed E-state index contributed by atoms with van der Waals surface area (Å²) < 4.78 is 0. The number of anilines is 1. The van der Waals surface area contributed by atoms with Crippen molar-refractivity contribution in [3.63, 3.8) is 0 Å². The van der Waals surface area contributed by atoms with Crippen LogP contribution in [0.5, 0.6) is 0 Å². The zero-order valence-electron chi connectivity index (χ0n) is 11.7. The zero-order chi connectivity index (χ0) is 12.8. The molecule has 3 heteroatoms. The average molecular weight is 235 g/mol. The van der Waals surface area contributed by atoms with E-state index >= 15 is 0 Å². The monoisotopic (exact) mass is 235 g/mol.